The molecule has 1 aromatic carbocycles. The maximum Gasteiger partial charge on any atom is 0.241 e. The Balaban J connectivity index is 2.71. The first kappa shape index (κ1) is 19.4. The van der Waals surface area contributed by atoms with Crippen LogP contribution in [0.5, 0.6) is 5.75 Å². The van der Waals surface area contributed by atoms with Gasteiger partial charge in [-0.25, -0.2) is 8.42 Å². The lowest BCUT2D eigenvalue weighted by atomic mass is 10.3. The van der Waals surface area contributed by atoms with Gasteiger partial charge in [-0.05, 0) is 45.0 Å². The topological polar surface area (TPSA) is 93.7 Å². The number of amides is 1. The highest BCUT2D eigenvalue weighted by Gasteiger charge is 2.22. The zero-order chi connectivity index (χ0) is 17.5. The molecule has 0 aliphatic carbocycles. The fourth-order valence-electron chi connectivity index (χ4n) is 1.90. The molecule has 0 unspecified atom stereocenters. The van der Waals surface area contributed by atoms with E-state index in [-0.39, 0.29) is 10.9 Å². The van der Waals surface area contributed by atoms with Gasteiger partial charge in [-0.1, -0.05) is 0 Å². The van der Waals surface area contributed by atoms with Gasteiger partial charge in [0.05, 0.1) is 24.2 Å². The molecule has 23 heavy (non-hydrogen) atoms. The van der Waals surface area contributed by atoms with E-state index >= 15 is 0 Å². The standard InChI is InChI=1S/C15H24N2O5S/c1-5-22-13-6-8-14(9-7-13)23(19,20)17-12(3)15(18)16-11(2)10-21-4/h6-9,11-12,17H,5,10H2,1-4H3,(H,16,18)/t11-,12+/m0/s1. The average molecular weight is 344 g/mol. The number of hydrogen-bond acceptors (Lipinski definition) is 5. The van der Waals surface area contributed by atoms with Gasteiger partial charge in [0.2, 0.25) is 15.9 Å². The van der Waals surface area contributed by atoms with Crippen molar-refractivity contribution in [1.29, 1.82) is 0 Å². The van der Waals surface area contributed by atoms with E-state index in [2.05, 4.69) is 10.0 Å². The molecule has 0 bridgehead atoms. The van der Waals surface area contributed by atoms with Crippen LogP contribution in [0.3, 0.4) is 0 Å². The number of carbonyl (C=O) groups excluding carboxylic acids is 1. The zero-order valence-corrected chi connectivity index (χ0v) is 14.6. The van der Waals surface area contributed by atoms with E-state index in [1.165, 1.54) is 26.2 Å². The number of ether oxygens (including phenoxy) is 2. The van der Waals surface area contributed by atoms with Gasteiger partial charge in [0.1, 0.15) is 5.75 Å². The fourth-order valence-corrected chi connectivity index (χ4v) is 3.10. The van der Waals surface area contributed by atoms with Crippen molar-refractivity contribution < 1.29 is 22.7 Å². The molecule has 2 N–H and O–H groups in total. The number of carbonyl (C=O) groups is 1. The van der Waals surface area contributed by atoms with Crippen molar-refractivity contribution in [2.75, 3.05) is 20.3 Å². The third-order valence-electron chi connectivity index (χ3n) is 2.98. The highest BCUT2D eigenvalue weighted by Crippen LogP contribution is 2.16. The van der Waals surface area contributed by atoms with Crippen molar-refractivity contribution >= 4 is 15.9 Å². The van der Waals surface area contributed by atoms with Crippen molar-refractivity contribution in [3.63, 3.8) is 0 Å². The van der Waals surface area contributed by atoms with Gasteiger partial charge in [0, 0.05) is 13.2 Å². The van der Waals surface area contributed by atoms with Crippen LogP contribution in [0.4, 0.5) is 0 Å². The lowest BCUT2D eigenvalue weighted by Crippen LogP contribution is -2.48. The third-order valence-corrected chi connectivity index (χ3v) is 4.53. The Morgan fingerprint density at radius 3 is 2.35 bits per heavy atom. The van der Waals surface area contributed by atoms with Crippen LogP contribution in [-0.4, -0.2) is 46.7 Å². The molecule has 0 aliphatic rings. The third kappa shape index (κ3) is 6.17. The molecule has 1 rings (SSSR count). The predicted octanol–water partition coefficient (Wildman–Crippen LogP) is 0.903. The van der Waals surface area contributed by atoms with E-state index in [1.807, 2.05) is 6.92 Å². The Labute approximate surface area is 137 Å². The summed E-state index contributed by atoms with van der Waals surface area (Å²) in [5.74, 6) is 0.176. The van der Waals surface area contributed by atoms with Crippen LogP contribution in [0.15, 0.2) is 29.2 Å². The fraction of sp³-hybridized carbons (Fsp3) is 0.533. The SMILES string of the molecule is CCOc1ccc(S(=O)(=O)N[C@H](C)C(=O)N[C@@H](C)COC)cc1. The van der Waals surface area contributed by atoms with Crippen LogP contribution in [0, 0.1) is 0 Å². The van der Waals surface area contributed by atoms with Crippen LogP contribution in [-0.2, 0) is 19.6 Å². The molecule has 0 saturated carbocycles. The molecule has 1 aromatic rings. The molecule has 0 aliphatic heterocycles. The van der Waals surface area contributed by atoms with Crippen LogP contribution < -0.4 is 14.8 Å². The number of rotatable bonds is 9. The van der Waals surface area contributed by atoms with Crippen LogP contribution in [0.1, 0.15) is 20.8 Å². The maximum absolute atomic E-state index is 12.3. The number of nitrogens with one attached hydrogen (secondary N) is 2. The van der Waals surface area contributed by atoms with E-state index in [9.17, 15) is 13.2 Å². The second-order valence-electron chi connectivity index (χ2n) is 5.11. The summed E-state index contributed by atoms with van der Waals surface area (Å²) in [6.07, 6.45) is 0. The predicted molar refractivity (Wildman–Crippen MR) is 86.9 cm³/mol. The lowest BCUT2D eigenvalue weighted by molar-refractivity contribution is -0.123. The van der Waals surface area contributed by atoms with Gasteiger partial charge in [-0.2, -0.15) is 4.72 Å². The maximum atomic E-state index is 12.3. The minimum absolute atomic E-state index is 0.0746. The molecule has 1 amide bonds. The van der Waals surface area contributed by atoms with Crippen LogP contribution >= 0.6 is 0 Å². The van der Waals surface area contributed by atoms with Crippen molar-refractivity contribution in [1.82, 2.24) is 10.0 Å². The van der Waals surface area contributed by atoms with Gasteiger partial charge >= 0.3 is 0 Å². The molecule has 2 atom stereocenters. The molecule has 0 aromatic heterocycles. The quantitative estimate of drug-likeness (QED) is 0.694. The summed E-state index contributed by atoms with van der Waals surface area (Å²) in [5, 5.41) is 2.67. The van der Waals surface area contributed by atoms with Gasteiger partial charge in [0.25, 0.3) is 0 Å². The molecule has 0 spiro atoms. The molecule has 8 heteroatoms. The summed E-state index contributed by atoms with van der Waals surface area (Å²) in [4.78, 5) is 12.0. The van der Waals surface area contributed by atoms with Gasteiger partial charge in [0.15, 0.2) is 0 Å². The van der Waals surface area contributed by atoms with Crippen molar-refractivity contribution in [2.45, 2.75) is 37.8 Å². The molecule has 0 fully saturated rings. The Morgan fingerprint density at radius 2 is 1.83 bits per heavy atom. The Bertz CT molecular complexity index is 601. The van der Waals surface area contributed by atoms with Crippen molar-refractivity contribution in [3.8, 4) is 5.75 Å². The Kier molecular flexibility index (Phi) is 7.47. The summed E-state index contributed by atoms with van der Waals surface area (Å²) in [6, 6.07) is 4.92. The minimum Gasteiger partial charge on any atom is -0.494 e. The Morgan fingerprint density at radius 1 is 1.22 bits per heavy atom. The monoisotopic (exact) mass is 344 g/mol. The molecular formula is C15H24N2O5S. The number of methoxy groups -OCH3 is 1. The zero-order valence-electron chi connectivity index (χ0n) is 13.8. The number of hydrogen-bond donors (Lipinski definition) is 2. The molecule has 0 saturated heterocycles. The second-order valence-corrected chi connectivity index (χ2v) is 6.83. The second kappa shape index (κ2) is 8.85. The summed E-state index contributed by atoms with van der Waals surface area (Å²) in [7, 11) is -2.25. The van der Waals surface area contributed by atoms with Crippen molar-refractivity contribution in [2.24, 2.45) is 0 Å². The van der Waals surface area contributed by atoms with Crippen LogP contribution in [0.25, 0.3) is 0 Å². The molecule has 130 valence electrons. The first-order chi connectivity index (χ1) is 10.8. The normalized spacial score (nSPS) is 14.1. The summed E-state index contributed by atoms with van der Waals surface area (Å²) in [5.41, 5.74) is 0. The number of benzene rings is 1. The number of sulfonamides is 1. The summed E-state index contributed by atoms with van der Waals surface area (Å²) in [6.45, 7) is 5.96. The minimum atomic E-state index is -3.78. The van der Waals surface area contributed by atoms with Crippen LogP contribution in [0.2, 0.25) is 0 Å². The van der Waals surface area contributed by atoms with Crippen molar-refractivity contribution in [3.05, 3.63) is 24.3 Å². The molecule has 7 nitrogen and oxygen atoms in total. The molecule has 0 heterocycles. The first-order valence-electron chi connectivity index (χ1n) is 7.34. The van der Waals surface area contributed by atoms with E-state index in [1.54, 1.807) is 19.1 Å². The first-order valence-corrected chi connectivity index (χ1v) is 8.83. The largest absolute Gasteiger partial charge is 0.494 e. The van der Waals surface area contributed by atoms with E-state index in [0.29, 0.717) is 19.0 Å². The smallest absolute Gasteiger partial charge is 0.241 e. The van der Waals surface area contributed by atoms with E-state index in [4.69, 9.17) is 9.47 Å². The van der Waals surface area contributed by atoms with Gasteiger partial charge in [-0.3, -0.25) is 4.79 Å². The molecular weight excluding hydrogens is 320 g/mol. The van der Waals surface area contributed by atoms with E-state index < -0.39 is 22.0 Å². The molecule has 0 radical (unpaired) electrons. The van der Waals surface area contributed by atoms with Gasteiger partial charge in [-0.15, -0.1) is 0 Å². The average Bonchev–Trinajstić information content (AvgIpc) is 2.47. The highest BCUT2D eigenvalue weighted by molar-refractivity contribution is 7.89. The highest BCUT2D eigenvalue weighted by atomic mass is 32.2. The summed E-state index contributed by atoms with van der Waals surface area (Å²) >= 11 is 0. The van der Waals surface area contributed by atoms with E-state index in [0.717, 1.165) is 0 Å². The lowest BCUT2D eigenvalue weighted by Gasteiger charge is -2.18. The Hall–Kier alpha value is -1.64. The van der Waals surface area contributed by atoms with Gasteiger partial charge < -0.3 is 14.8 Å². The summed E-state index contributed by atoms with van der Waals surface area (Å²) < 4.78 is 37.1.